The van der Waals surface area contributed by atoms with E-state index in [2.05, 4.69) is 5.32 Å². The average Bonchev–Trinajstić information content (AvgIpc) is 2.89. The van der Waals surface area contributed by atoms with Crippen molar-refractivity contribution in [2.24, 2.45) is 0 Å². The lowest BCUT2D eigenvalue weighted by atomic mass is 9.93. The third kappa shape index (κ3) is 2.14. The Bertz CT molecular complexity index is 966. The molecule has 3 aromatic rings. The van der Waals surface area contributed by atoms with E-state index in [9.17, 15) is 9.59 Å². The second-order valence-corrected chi connectivity index (χ2v) is 5.43. The lowest BCUT2D eigenvalue weighted by molar-refractivity contribution is -0.122. The molecule has 0 radical (unpaired) electrons. The number of hydrogen-bond donors (Lipinski definition) is 1. The van der Waals surface area contributed by atoms with Crippen LogP contribution in [0.5, 0.6) is 0 Å². The van der Waals surface area contributed by atoms with Crippen LogP contribution >= 0.6 is 0 Å². The van der Waals surface area contributed by atoms with Crippen LogP contribution in [-0.4, -0.2) is 11.8 Å². The minimum Gasteiger partial charge on any atom is -0.288 e. The summed E-state index contributed by atoms with van der Waals surface area (Å²) in [7, 11) is 0. The van der Waals surface area contributed by atoms with Crippen LogP contribution < -0.4 is 5.32 Å². The van der Waals surface area contributed by atoms with Crippen LogP contribution in [0.25, 0.3) is 21.9 Å². The van der Waals surface area contributed by atoms with Gasteiger partial charge in [0.15, 0.2) is 0 Å². The average molecular weight is 299 g/mol. The molecule has 1 aliphatic rings. The van der Waals surface area contributed by atoms with E-state index in [1.54, 1.807) is 0 Å². The van der Waals surface area contributed by atoms with Crippen molar-refractivity contribution in [2.75, 3.05) is 0 Å². The van der Waals surface area contributed by atoms with Gasteiger partial charge in [-0.15, -0.1) is 0 Å². The van der Waals surface area contributed by atoms with Gasteiger partial charge in [-0.2, -0.15) is 0 Å². The maximum atomic E-state index is 12.4. The van der Waals surface area contributed by atoms with Crippen molar-refractivity contribution in [3.63, 3.8) is 0 Å². The number of benzene rings is 3. The number of imide groups is 1. The van der Waals surface area contributed by atoms with Gasteiger partial charge in [0, 0.05) is 0 Å². The zero-order valence-corrected chi connectivity index (χ0v) is 12.2. The Morgan fingerprint density at radius 2 is 1.26 bits per heavy atom. The van der Waals surface area contributed by atoms with Gasteiger partial charge in [-0.3, -0.25) is 14.9 Å². The maximum Gasteiger partial charge on any atom is 0.259 e. The molecule has 0 spiro atoms. The van der Waals surface area contributed by atoms with E-state index in [-0.39, 0.29) is 11.8 Å². The molecule has 23 heavy (non-hydrogen) atoms. The summed E-state index contributed by atoms with van der Waals surface area (Å²) >= 11 is 0. The molecule has 0 atom stereocenters. The van der Waals surface area contributed by atoms with Crippen molar-refractivity contribution in [1.82, 2.24) is 5.32 Å². The number of fused-ring (bicyclic) bond motifs is 1. The third-order valence-electron chi connectivity index (χ3n) is 4.05. The number of nitrogens with one attached hydrogen (secondary N) is 1. The zero-order chi connectivity index (χ0) is 15.8. The van der Waals surface area contributed by atoms with E-state index in [0.29, 0.717) is 11.1 Å². The van der Waals surface area contributed by atoms with Gasteiger partial charge in [-0.25, -0.2) is 0 Å². The molecule has 0 aliphatic carbocycles. The highest BCUT2D eigenvalue weighted by atomic mass is 16.2. The summed E-state index contributed by atoms with van der Waals surface area (Å²) in [6.45, 7) is 0. The molecule has 0 bridgehead atoms. The summed E-state index contributed by atoms with van der Waals surface area (Å²) < 4.78 is 0. The number of carbonyl (C=O) groups excluding carboxylic acids is 2. The van der Waals surface area contributed by atoms with Crippen LogP contribution in [0, 0.1) is 0 Å². The zero-order valence-electron chi connectivity index (χ0n) is 12.2. The van der Waals surface area contributed by atoms with E-state index < -0.39 is 0 Å². The highest BCUT2D eigenvalue weighted by molar-refractivity contribution is 6.50. The molecule has 0 fully saturated rings. The molecular weight excluding hydrogens is 286 g/mol. The van der Waals surface area contributed by atoms with Crippen molar-refractivity contribution in [2.45, 2.75) is 0 Å². The molecular formula is C20H13NO2. The van der Waals surface area contributed by atoms with E-state index in [1.165, 1.54) is 0 Å². The summed E-state index contributed by atoms with van der Waals surface area (Å²) in [6.07, 6.45) is 0. The quantitative estimate of drug-likeness (QED) is 0.737. The summed E-state index contributed by atoms with van der Waals surface area (Å²) in [5.74, 6) is -0.686. The fourth-order valence-electron chi connectivity index (χ4n) is 3.04. The van der Waals surface area contributed by atoms with Crippen LogP contribution in [-0.2, 0) is 9.59 Å². The summed E-state index contributed by atoms with van der Waals surface area (Å²) in [5.41, 5.74) is 2.41. The third-order valence-corrected chi connectivity index (χ3v) is 4.05. The minimum atomic E-state index is -0.343. The SMILES string of the molecule is O=C1NC(=O)C(c2cccc3ccccc23)=C1c1ccccc1. The second-order valence-electron chi connectivity index (χ2n) is 5.43. The molecule has 0 saturated carbocycles. The first-order valence-corrected chi connectivity index (χ1v) is 7.39. The summed E-state index contributed by atoms with van der Waals surface area (Å²) in [4.78, 5) is 24.7. The van der Waals surface area contributed by atoms with Crippen LogP contribution in [0.2, 0.25) is 0 Å². The molecule has 0 aromatic heterocycles. The molecule has 1 heterocycles. The van der Waals surface area contributed by atoms with E-state index >= 15 is 0 Å². The van der Waals surface area contributed by atoms with E-state index in [4.69, 9.17) is 0 Å². The van der Waals surface area contributed by atoms with Gasteiger partial charge < -0.3 is 0 Å². The van der Waals surface area contributed by atoms with Crippen molar-refractivity contribution >= 4 is 33.7 Å². The molecule has 3 heteroatoms. The standard InChI is InChI=1S/C20H13NO2/c22-19-17(14-8-2-1-3-9-14)18(20(23)21-19)16-12-6-10-13-7-4-5-11-15(13)16/h1-12H,(H,21,22,23). The van der Waals surface area contributed by atoms with E-state index in [1.807, 2.05) is 72.8 Å². The lowest BCUT2D eigenvalue weighted by Gasteiger charge is -2.08. The van der Waals surface area contributed by atoms with Crippen LogP contribution in [0.4, 0.5) is 0 Å². The van der Waals surface area contributed by atoms with Crippen molar-refractivity contribution in [3.8, 4) is 0 Å². The Hall–Kier alpha value is -3.20. The molecule has 0 unspecified atom stereocenters. The van der Waals surface area contributed by atoms with Crippen molar-refractivity contribution in [1.29, 1.82) is 0 Å². The van der Waals surface area contributed by atoms with Crippen molar-refractivity contribution in [3.05, 3.63) is 83.9 Å². The van der Waals surface area contributed by atoms with Crippen LogP contribution in [0.3, 0.4) is 0 Å². The number of amides is 2. The van der Waals surface area contributed by atoms with Gasteiger partial charge >= 0.3 is 0 Å². The molecule has 3 nitrogen and oxygen atoms in total. The Morgan fingerprint density at radius 1 is 0.609 bits per heavy atom. The number of carbonyl (C=O) groups is 2. The normalized spacial score (nSPS) is 14.4. The molecule has 1 aliphatic heterocycles. The fourth-order valence-corrected chi connectivity index (χ4v) is 3.04. The highest BCUT2D eigenvalue weighted by Gasteiger charge is 2.32. The van der Waals surface area contributed by atoms with Gasteiger partial charge in [0.05, 0.1) is 11.1 Å². The Labute approximate surface area is 133 Å². The summed E-state index contributed by atoms with van der Waals surface area (Å²) in [6, 6.07) is 22.9. The topological polar surface area (TPSA) is 46.2 Å². The Morgan fingerprint density at radius 3 is 2.09 bits per heavy atom. The van der Waals surface area contributed by atoms with Gasteiger partial charge in [-0.05, 0) is 21.9 Å². The minimum absolute atomic E-state index is 0.342. The smallest absolute Gasteiger partial charge is 0.259 e. The fraction of sp³-hybridized carbons (Fsp3) is 0. The molecule has 0 saturated heterocycles. The van der Waals surface area contributed by atoms with Crippen LogP contribution in [0.15, 0.2) is 72.8 Å². The monoisotopic (exact) mass is 299 g/mol. The molecule has 3 aromatic carbocycles. The Kier molecular flexibility index (Phi) is 3.05. The molecule has 2 amide bonds. The van der Waals surface area contributed by atoms with Gasteiger partial charge in [0.25, 0.3) is 11.8 Å². The number of rotatable bonds is 2. The van der Waals surface area contributed by atoms with Gasteiger partial charge in [0.2, 0.25) is 0 Å². The second kappa shape index (κ2) is 5.21. The predicted octanol–water partition coefficient (Wildman–Crippen LogP) is 3.41. The summed E-state index contributed by atoms with van der Waals surface area (Å²) in [5, 5.41) is 4.43. The predicted molar refractivity (Wildman–Crippen MR) is 90.4 cm³/mol. The highest BCUT2D eigenvalue weighted by Crippen LogP contribution is 2.34. The first-order valence-electron chi connectivity index (χ1n) is 7.39. The number of hydrogen-bond acceptors (Lipinski definition) is 2. The van der Waals surface area contributed by atoms with Crippen LogP contribution in [0.1, 0.15) is 11.1 Å². The van der Waals surface area contributed by atoms with Crippen molar-refractivity contribution < 1.29 is 9.59 Å². The first kappa shape index (κ1) is 13.5. The largest absolute Gasteiger partial charge is 0.288 e. The van der Waals surface area contributed by atoms with Gasteiger partial charge in [-0.1, -0.05) is 72.8 Å². The van der Waals surface area contributed by atoms with E-state index in [0.717, 1.165) is 21.9 Å². The van der Waals surface area contributed by atoms with Gasteiger partial charge in [0.1, 0.15) is 0 Å². The Balaban J connectivity index is 2.05. The maximum absolute atomic E-state index is 12.4. The molecule has 4 rings (SSSR count). The molecule has 110 valence electrons. The lowest BCUT2D eigenvalue weighted by Crippen LogP contribution is -2.22. The molecule has 1 N–H and O–H groups in total. The first-order chi connectivity index (χ1) is 11.3.